The summed E-state index contributed by atoms with van der Waals surface area (Å²) in [5.41, 5.74) is 2.19. The number of rotatable bonds is 9. The van der Waals surface area contributed by atoms with Gasteiger partial charge in [0, 0.05) is 25.7 Å². The third-order valence-corrected chi connectivity index (χ3v) is 3.83. The fourth-order valence-corrected chi connectivity index (χ4v) is 2.40. The van der Waals surface area contributed by atoms with Gasteiger partial charge in [-0.1, -0.05) is 30.3 Å². The van der Waals surface area contributed by atoms with E-state index in [2.05, 4.69) is 15.6 Å². The molecule has 0 unspecified atom stereocenters. The van der Waals surface area contributed by atoms with Crippen LogP contribution < -0.4 is 20.1 Å². The Hall–Kier alpha value is -2.73. The van der Waals surface area contributed by atoms with Gasteiger partial charge in [0.1, 0.15) is 11.5 Å². The third-order valence-electron chi connectivity index (χ3n) is 3.83. The Morgan fingerprint density at radius 2 is 1.73 bits per heavy atom. The quantitative estimate of drug-likeness (QED) is 0.410. The summed E-state index contributed by atoms with van der Waals surface area (Å²) in [6.07, 6.45) is 0. The van der Waals surface area contributed by atoms with Crippen molar-refractivity contribution < 1.29 is 14.2 Å². The first-order valence-electron chi connectivity index (χ1n) is 8.54. The van der Waals surface area contributed by atoms with E-state index in [0.717, 1.165) is 28.6 Å². The van der Waals surface area contributed by atoms with Crippen LogP contribution in [0.3, 0.4) is 0 Å². The van der Waals surface area contributed by atoms with Crippen molar-refractivity contribution in [1.82, 2.24) is 10.6 Å². The van der Waals surface area contributed by atoms with Gasteiger partial charge < -0.3 is 24.8 Å². The molecule has 6 heteroatoms. The van der Waals surface area contributed by atoms with Crippen molar-refractivity contribution in [1.29, 1.82) is 0 Å². The van der Waals surface area contributed by atoms with E-state index >= 15 is 0 Å². The molecule has 26 heavy (non-hydrogen) atoms. The maximum absolute atomic E-state index is 5.71. The summed E-state index contributed by atoms with van der Waals surface area (Å²) in [6.45, 7) is 2.44. The van der Waals surface area contributed by atoms with Crippen molar-refractivity contribution >= 4 is 5.96 Å². The zero-order valence-corrected chi connectivity index (χ0v) is 15.6. The highest BCUT2D eigenvalue weighted by molar-refractivity contribution is 5.79. The lowest BCUT2D eigenvalue weighted by Gasteiger charge is -2.13. The average molecular weight is 357 g/mol. The molecule has 0 atom stereocenters. The second kappa shape index (κ2) is 11.0. The van der Waals surface area contributed by atoms with Crippen molar-refractivity contribution in [2.24, 2.45) is 4.99 Å². The van der Waals surface area contributed by atoms with Crippen LogP contribution >= 0.6 is 0 Å². The topological polar surface area (TPSA) is 64.1 Å². The number of methoxy groups -OCH3 is 2. The minimum Gasteiger partial charge on any atom is -0.497 e. The van der Waals surface area contributed by atoms with Crippen molar-refractivity contribution in [2.75, 3.05) is 34.4 Å². The third kappa shape index (κ3) is 6.29. The molecule has 0 saturated carbocycles. The van der Waals surface area contributed by atoms with Gasteiger partial charge in [-0.3, -0.25) is 4.99 Å². The standard InChI is InChI=1S/C20H27N3O3/c1-21-20(23-14-16-8-10-18(24-2)11-9-16)22-12-13-26-15-17-6-4-5-7-19(17)25-3/h4-11H,12-15H2,1-3H3,(H2,21,22,23). The molecule has 2 aromatic rings. The fourth-order valence-electron chi connectivity index (χ4n) is 2.40. The summed E-state index contributed by atoms with van der Waals surface area (Å²) in [4.78, 5) is 4.21. The van der Waals surface area contributed by atoms with E-state index in [4.69, 9.17) is 14.2 Å². The zero-order valence-electron chi connectivity index (χ0n) is 15.6. The maximum Gasteiger partial charge on any atom is 0.191 e. The Morgan fingerprint density at radius 3 is 2.42 bits per heavy atom. The number of aliphatic imine (C=N–C) groups is 1. The van der Waals surface area contributed by atoms with Crippen LogP contribution in [0.15, 0.2) is 53.5 Å². The number of para-hydroxylation sites is 1. The van der Waals surface area contributed by atoms with Crippen molar-refractivity contribution in [3.05, 3.63) is 59.7 Å². The van der Waals surface area contributed by atoms with Crippen LogP contribution in [0.2, 0.25) is 0 Å². The van der Waals surface area contributed by atoms with E-state index in [1.54, 1.807) is 21.3 Å². The van der Waals surface area contributed by atoms with Crippen LogP contribution in [0.25, 0.3) is 0 Å². The van der Waals surface area contributed by atoms with Gasteiger partial charge in [0.25, 0.3) is 0 Å². The molecule has 0 radical (unpaired) electrons. The lowest BCUT2D eigenvalue weighted by molar-refractivity contribution is 0.123. The average Bonchev–Trinajstić information content (AvgIpc) is 2.70. The number of guanidine groups is 1. The van der Waals surface area contributed by atoms with E-state index < -0.39 is 0 Å². The van der Waals surface area contributed by atoms with Crippen LogP contribution in [0.5, 0.6) is 11.5 Å². The molecule has 0 amide bonds. The predicted octanol–water partition coefficient (Wildman–Crippen LogP) is 2.59. The van der Waals surface area contributed by atoms with Crippen LogP contribution in [-0.2, 0) is 17.9 Å². The van der Waals surface area contributed by atoms with Gasteiger partial charge in [0.2, 0.25) is 0 Å². The first kappa shape index (κ1) is 19.6. The van der Waals surface area contributed by atoms with Gasteiger partial charge in [0.05, 0.1) is 27.4 Å². The largest absolute Gasteiger partial charge is 0.497 e. The van der Waals surface area contributed by atoms with E-state index in [1.807, 2.05) is 48.5 Å². The minimum absolute atomic E-state index is 0.517. The number of hydrogen-bond acceptors (Lipinski definition) is 4. The number of ether oxygens (including phenoxy) is 3. The summed E-state index contributed by atoms with van der Waals surface area (Å²) in [5.74, 6) is 2.43. The van der Waals surface area contributed by atoms with Gasteiger partial charge in [-0.15, -0.1) is 0 Å². The number of nitrogens with zero attached hydrogens (tertiary/aromatic N) is 1. The van der Waals surface area contributed by atoms with Gasteiger partial charge in [-0.05, 0) is 23.8 Å². The summed E-state index contributed by atoms with van der Waals surface area (Å²) >= 11 is 0. The molecule has 6 nitrogen and oxygen atoms in total. The summed E-state index contributed by atoms with van der Waals surface area (Å²) in [7, 11) is 5.08. The van der Waals surface area contributed by atoms with Crippen molar-refractivity contribution in [2.45, 2.75) is 13.2 Å². The zero-order chi connectivity index (χ0) is 18.6. The van der Waals surface area contributed by atoms with E-state index in [1.165, 1.54) is 0 Å². The first-order valence-corrected chi connectivity index (χ1v) is 8.54. The Kier molecular flexibility index (Phi) is 8.29. The van der Waals surface area contributed by atoms with E-state index in [9.17, 15) is 0 Å². The summed E-state index contributed by atoms with van der Waals surface area (Å²) in [5, 5.41) is 6.51. The maximum atomic E-state index is 5.71. The molecule has 2 rings (SSSR count). The molecular weight excluding hydrogens is 330 g/mol. The van der Waals surface area contributed by atoms with Gasteiger partial charge >= 0.3 is 0 Å². The second-order valence-electron chi connectivity index (χ2n) is 5.57. The Balaban J connectivity index is 1.67. The number of benzene rings is 2. The Bertz CT molecular complexity index is 687. The molecule has 0 fully saturated rings. The van der Waals surface area contributed by atoms with Crippen LogP contribution in [0, 0.1) is 0 Å². The minimum atomic E-state index is 0.517. The first-order chi connectivity index (χ1) is 12.8. The lowest BCUT2D eigenvalue weighted by Crippen LogP contribution is -2.38. The van der Waals surface area contributed by atoms with Crippen LogP contribution in [0.1, 0.15) is 11.1 Å². The number of nitrogens with one attached hydrogen (secondary N) is 2. The molecular formula is C20H27N3O3. The molecule has 0 bridgehead atoms. The molecule has 0 saturated heterocycles. The Labute approximate surface area is 155 Å². The van der Waals surface area contributed by atoms with Gasteiger partial charge in [0.15, 0.2) is 5.96 Å². The summed E-state index contributed by atoms with van der Waals surface area (Å²) in [6, 6.07) is 15.8. The molecule has 0 spiro atoms. The molecule has 0 aromatic heterocycles. The smallest absolute Gasteiger partial charge is 0.191 e. The lowest BCUT2D eigenvalue weighted by atomic mass is 10.2. The molecule has 0 aliphatic heterocycles. The number of hydrogen-bond donors (Lipinski definition) is 2. The van der Waals surface area contributed by atoms with Crippen LogP contribution in [-0.4, -0.2) is 40.4 Å². The molecule has 2 aromatic carbocycles. The molecule has 0 aliphatic carbocycles. The monoisotopic (exact) mass is 357 g/mol. The van der Waals surface area contributed by atoms with Crippen molar-refractivity contribution in [3.63, 3.8) is 0 Å². The predicted molar refractivity (Wildman–Crippen MR) is 104 cm³/mol. The van der Waals surface area contributed by atoms with Gasteiger partial charge in [-0.25, -0.2) is 0 Å². The Morgan fingerprint density at radius 1 is 0.962 bits per heavy atom. The van der Waals surface area contributed by atoms with E-state index in [0.29, 0.717) is 26.3 Å². The highest BCUT2D eigenvalue weighted by Gasteiger charge is 2.02. The molecule has 2 N–H and O–H groups in total. The highest BCUT2D eigenvalue weighted by Crippen LogP contribution is 2.17. The van der Waals surface area contributed by atoms with E-state index in [-0.39, 0.29) is 0 Å². The molecule has 0 heterocycles. The second-order valence-corrected chi connectivity index (χ2v) is 5.57. The van der Waals surface area contributed by atoms with Crippen LogP contribution in [0.4, 0.5) is 0 Å². The van der Waals surface area contributed by atoms with Gasteiger partial charge in [-0.2, -0.15) is 0 Å². The highest BCUT2D eigenvalue weighted by atomic mass is 16.5. The summed E-state index contributed by atoms with van der Waals surface area (Å²) < 4.78 is 16.2. The normalized spacial score (nSPS) is 11.1. The fraction of sp³-hybridized carbons (Fsp3) is 0.350. The molecule has 0 aliphatic rings. The van der Waals surface area contributed by atoms with Crippen molar-refractivity contribution in [3.8, 4) is 11.5 Å². The molecule has 140 valence electrons. The SMILES string of the molecule is CN=C(NCCOCc1ccccc1OC)NCc1ccc(OC)cc1.